The predicted molar refractivity (Wildman–Crippen MR) is 63.8 cm³/mol. The maximum Gasteiger partial charge on any atom is 0.233 e. The van der Waals surface area contributed by atoms with Crippen LogP contribution in [-0.4, -0.2) is 26.1 Å². The summed E-state index contributed by atoms with van der Waals surface area (Å²) in [6.45, 7) is 0.527. The van der Waals surface area contributed by atoms with Crippen LogP contribution in [-0.2, 0) is 11.2 Å². The minimum absolute atomic E-state index is 0.00663. The SMILES string of the molecule is COc1ccc(Cl)cc1CCNC(=O)CN. The first-order valence-corrected chi connectivity index (χ1v) is 5.34. The summed E-state index contributed by atoms with van der Waals surface area (Å²) in [4.78, 5) is 10.9. The molecule has 0 saturated carbocycles. The number of methoxy groups -OCH3 is 1. The predicted octanol–water partition coefficient (Wildman–Crippen LogP) is 0.966. The summed E-state index contributed by atoms with van der Waals surface area (Å²) < 4.78 is 5.19. The molecule has 0 aliphatic heterocycles. The highest BCUT2D eigenvalue weighted by molar-refractivity contribution is 6.30. The van der Waals surface area contributed by atoms with E-state index in [-0.39, 0.29) is 12.5 Å². The fraction of sp³-hybridized carbons (Fsp3) is 0.364. The van der Waals surface area contributed by atoms with Gasteiger partial charge in [-0.05, 0) is 30.2 Å². The maximum absolute atomic E-state index is 10.9. The van der Waals surface area contributed by atoms with Crippen LogP contribution in [0, 0.1) is 0 Å². The van der Waals surface area contributed by atoms with Crippen molar-refractivity contribution in [2.45, 2.75) is 6.42 Å². The molecule has 16 heavy (non-hydrogen) atoms. The van der Waals surface area contributed by atoms with Crippen molar-refractivity contribution in [1.29, 1.82) is 0 Å². The van der Waals surface area contributed by atoms with Crippen molar-refractivity contribution in [3.8, 4) is 5.75 Å². The van der Waals surface area contributed by atoms with E-state index >= 15 is 0 Å². The van der Waals surface area contributed by atoms with Gasteiger partial charge in [0, 0.05) is 11.6 Å². The Morgan fingerprint density at radius 1 is 1.56 bits per heavy atom. The number of halogens is 1. The molecule has 0 aromatic heterocycles. The molecule has 0 unspecified atom stereocenters. The van der Waals surface area contributed by atoms with Gasteiger partial charge in [0.1, 0.15) is 5.75 Å². The fourth-order valence-corrected chi connectivity index (χ4v) is 1.55. The van der Waals surface area contributed by atoms with Crippen LogP contribution >= 0.6 is 11.6 Å². The van der Waals surface area contributed by atoms with E-state index in [1.165, 1.54) is 0 Å². The number of hydrogen-bond donors (Lipinski definition) is 2. The zero-order valence-corrected chi connectivity index (χ0v) is 9.88. The Kier molecular flexibility index (Phi) is 5.08. The van der Waals surface area contributed by atoms with Gasteiger partial charge in [0.2, 0.25) is 5.91 Å². The minimum Gasteiger partial charge on any atom is -0.496 e. The molecule has 0 saturated heterocycles. The second kappa shape index (κ2) is 6.35. The van der Waals surface area contributed by atoms with Crippen LogP contribution in [0.5, 0.6) is 5.75 Å². The molecule has 88 valence electrons. The molecule has 4 nitrogen and oxygen atoms in total. The molecule has 1 amide bonds. The molecule has 3 N–H and O–H groups in total. The molecule has 0 radical (unpaired) electrons. The Labute approximate surface area is 99.7 Å². The van der Waals surface area contributed by atoms with Crippen LogP contribution in [0.25, 0.3) is 0 Å². The molecule has 0 bridgehead atoms. The summed E-state index contributed by atoms with van der Waals surface area (Å²) in [5.41, 5.74) is 6.14. The molecular formula is C11H15ClN2O2. The normalized spacial score (nSPS) is 9.94. The van der Waals surface area contributed by atoms with E-state index in [1.54, 1.807) is 13.2 Å². The van der Waals surface area contributed by atoms with Gasteiger partial charge in [-0.2, -0.15) is 0 Å². The maximum atomic E-state index is 10.9. The summed E-state index contributed by atoms with van der Waals surface area (Å²) in [7, 11) is 1.60. The Hall–Kier alpha value is -1.26. The van der Waals surface area contributed by atoms with E-state index in [2.05, 4.69) is 5.32 Å². The molecule has 0 aliphatic rings. The highest BCUT2D eigenvalue weighted by Gasteiger charge is 2.04. The Bertz CT molecular complexity index is 369. The van der Waals surface area contributed by atoms with Crippen molar-refractivity contribution < 1.29 is 9.53 Å². The number of carbonyl (C=O) groups is 1. The van der Waals surface area contributed by atoms with Crippen LogP contribution in [0.2, 0.25) is 5.02 Å². The van der Waals surface area contributed by atoms with Crippen LogP contribution in [0.4, 0.5) is 0 Å². The average Bonchev–Trinajstić information content (AvgIpc) is 2.29. The summed E-state index contributed by atoms with van der Waals surface area (Å²) in [6, 6.07) is 5.40. The Morgan fingerprint density at radius 2 is 2.31 bits per heavy atom. The van der Waals surface area contributed by atoms with Crippen LogP contribution < -0.4 is 15.8 Å². The van der Waals surface area contributed by atoms with Crippen molar-refractivity contribution >= 4 is 17.5 Å². The standard InChI is InChI=1S/C11H15ClN2O2/c1-16-10-3-2-9(12)6-8(10)4-5-14-11(15)7-13/h2-3,6H,4-5,7,13H2,1H3,(H,14,15). The van der Waals surface area contributed by atoms with E-state index in [9.17, 15) is 4.79 Å². The minimum atomic E-state index is -0.166. The fourth-order valence-electron chi connectivity index (χ4n) is 1.35. The van der Waals surface area contributed by atoms with Crippen LogP contribution in [0.3, 0.4) is 0 Å². The molecule has 0 aliphatic carbocycles. The number of nitrogens with two attached hydrogens (primary N) is 1. The Balaban J connectivity index is 2.58. The van der Waals surface area contributed by atoms with Crippen molar-refractivity contribution in [1.82, 2.24) is 5.32 Å². The van der Waals surface area contributed by atoms with E-state index < -0.39 is 0 Å². The van der Waals surface area contributed by atoms with Crippen molar-refractivity contribution in [2.24, 2.45) is 5.73 Å². The molecule has 1 aromatic carbocycles. The summed E-state index contributed by atoms with van der Waals surface area (Å²) >= 11 is 5.88. The van der Waals surface area contributed by atoms with Crippen LogP contribution in [0.1, 0.15) is 5.56 Å². The van der Waals surface area contributed by atoms with Gasteiger partial charge < -0.3 is 15.8 Å². The third-order valence-electron chi connectivity index (χ3n) is 2.14. The lowest BCUT2D eigenvalue weighted by atomic mass is 10.1. The highest BCUT2D eigenvalue weighted by atomic mass is 35.5. The summed E-state index contributed by atoms with van der Waals surface area (Å²) in [5, 5.41) is 3.34. The first kappa shape index (κ1) is 12.8. The first-order valence-electron chi connectivity index (χ1n) is 4.96. The first-order chi connectivity index (χ1) is 7.67. The van der Waals surface area contributed by atoms with E-state index in [0.717, 1.165) is 11.3 Å². The number of nitrogens with one attached hydrogen (secondary N) is 1. The molecule has 1 rings (SSSR count). The van der Waals surface area contributed by atoms with E-state index in [0.29, 0.717) is 18.0 Å². The highest BCUT2D eigenvalue weighted by Crippen LogP contribution is 2.22. The van der Waals surface area contributed by atoms with Gasteiger partial charge in [0.25, 0.3) is 0 Å². The molecule has 5 heteroatoms. The summed E-state index contributed by atoms with van der Waals surface area (Å²) in [5.74, 6) is 0.604. The number of ether oxygens (including phenoxy) is 1. The van der Waals surface area contributed by atoms with Gasteiger partial charge in [-0.1, -0.05) is 11.6 Å². The smallest absolute Gasteiger partial charge is 0.233 e. The monoisotopic (exact) mass is 242 g/mol. The third kappa shape index (κ3) is 3.72. The van der Waals surface area contributed by atoms with Gasteiger partial charge >= 0.3 is 0 Å². The number of benzene rings is 1. The average molecular weight is 243 g/mol. The molecule has 0 atom stereocenters. The second-order valence-corrected chi connectivity index (χ2v) is 3.70. The van der Waals surface area contributed by atoms with Crippen LogP contribution in [0.15, 0.2) is 18.2 Å². The number of rotatable bonds is 5. The van der Waals surface area contributed by atoms with Gasteiger partial charge in [-0.25, -0.2) is 0 Å². The molecule has 0 spiro atoms. The van der Waals surface area contributed by atoms with Crippen molar-refractivity contribution in [3.63, 3.8) is 0 Å². The van der Waals surface area contributed by atoms with Crippen molar-refractivity contribution in [3.05, 3.63) is 28.8 Å². The zero-order valence-electron chi connectivity index (χ0n) is 9.13. The van der Waals surface area contributed by atoms with Crippen molar-refractivity contribution in [2.75, 3.05) is 20.2 Å². The molecular weight excluding hydrogens is 228 g/mol. The van der Waals surface area contributed by atoms with Gasteiger partial charge in [-0.15, -0.1) is 0 Å². The van der Waals surface area contributed by atoms with Gasteiger partial charge in [0.05, 0.1) is 13.7 Å². The second-order valence-electron chi connectivity index (χ2n) is 3.26. The lowest BCUT2D eigenvalue weighted by molar-refractivity contribution is -0.119. The largest absolute Gasteiger partial charge is 0.496 e. The topological polar surface area (TPSA) is 64.3 Å². The van der Waals surface area contributed by atoms with E-state index in [1.807, 2.05) is 12.1 Å². The van der Waals surface area contributed by atoms with Gasteiger partial charge in [-0.3, -0.25) is 4.79 Å². The number of hydrogen-bond acceptors (Lipinski definition) is 3. The van der Waals surface area contributed by atoms with Gasteiger partial charge in [0.15, 0.2) is 0 Å². The summed E-state index contributed by atoms with van der Waals surface area (Å²) in [6.07, 6.45) is 0.662. The molecule has 0 fully saturated rings. The number of amides is 1. The third-order valence-corrected chi connectivity index (χ3v) is 2.38. The molecule has 1 aromatic rings. The quantitative estimate of drug-likeness (QED) is 0.809. The van der Waals surface area contributed by atoms with E-state index in [4.69, 9.17) is 22.1 Å². The Morgan fingerprint density at radius 3 is 2.94 bits per heavy atom. The number of carbonyl (C=O) groups excluding carboxylic acids is 1. The lowest BCUT2D eigenvalue weighted by Gasteiger charge is -2.09. The zero-order chi connectivity index (χ0) is 12.0. The lowest BCUT2D eigenvalue weighted by Crippen LogP contribution is -2.31. The molecule has 0 heterocycles.